The Balaban J connectivity index is 1.43. The molecule has 1 aliphatic heterocycles. The largest absolute Gasteiger partial charge is 0.345 e. The normalized spacial score (nSPS) is 16.4. The Hall–Kier alpha value is -3.18. The molecule has 3 aromatic rings. The van der Waals surface area contributed by atoms with E-state index in [1.165, 1.54) is 0 Å². The van der Waals surface area contributed by atoms with Gasteiger partial charge in [0.05, 0.1) is 5.69 Å². The Kier molecular flexibility index (Phi) is 6.63. The fourth-order valence-corrected chi connectivity index (χ4v) is 4.00. The number of halogens is 1. The van der Waals surface area contributed by atoms with Crippen molar-refractivity contribution in [3.8, 4) is 11.3 Å². The lowest BCUT2D eigenvalue weighted by Gasteiger charge is -2.15. The van der Waals surface area contributed by atoms with Crippen molar-refractivity contribution < 1.29 is 9.59 Å². The molecule has 2 heterocycles. The molecule has 0 spiro atoms. The van der Waals surface area contributed by atoms with Gasteiger partial charge in [0.1, 0.15) is 5.82 Å². The van der Waals surface area contributed by atoms with Crippen LogP contribution in [0.1, 0.15) is 29.6 Å². The maximum absolute atomic E-state index is 12.9. The van der Waals surface area contributed by atoms with E-state index < -0.39 is 0 Å². The molecule has 0 radical (unpaired) electrons. The molecule has 0 bridgehead atoms. The lowest BCUT2D eigenvalue weighted by atomic mass is 9.91. The van der Waals surface area contributed by atoms with Gasteiger partial charge in [-0.05, 0) is 67.8 Å². The number of hydrogen-bond donors (Lipinski definition) is 1. The molecular formula is C25H24ClN3O2. The molecule has 5 nitrogen and oxygen atoms in total. The van der Waals surface area contributed by atoms with Crippen LogP contribution in [0.3, 0.4) is 0 Å². The lowest BCUT2D eigenvalue weighted by molar-refractivity contribution is -0.118. The van der Waals surface area contributed by atoms with Crippen LogP contribution in [0, 0.1) is 5.92 Å². The molecule has 1 unspecified atom stereocenters. The van der Waals surface area contributed by atoms with Gasteiger partial charge < -0.3 is 10.2 Å². The molecule has 1 aromatic heterocycles. The first-order valence-electron chi connectivity index (χ1n) is 10.5. The number of carbonyl (C=O) groups excluding carboxylic acids is 2. The quantitative estimate of drug-likeness (QED) is 0.406. The highest BCUT2D eigenvalue weighted by Gasteiger charge is 2.23. The van der Waals surface area contributed by atoms with E-state index in [2.05, 4.69) is 10.3 Å². The van der Waals surface area contributed by atoms with Gasteiger partial charge >= 0.3 is 0 Å². The van der Waals surface area contributed by atoms with Crippen molar-refractivity contribution in [3.63, 3.8) is 0 Å². The van der Waals surface area contributed by atoms with E-state index in [1.54, 1.807) is 4.90 Å². The standard InChI is InChI=1S/C25H24ClN3O2/c26-21-10-6-18(7-11-21)23-4-1-5-24(28-23)27-22-12-8-20(9-13-22)25(31)19-3-2-15-29(17-30)16-14-19/h1,4-13,17,19H,2-3,14-16H2,(H,27,28). The van der Waals surface area contributed by atoms with Crippen molar-refractivity contribution in [2.24, 2.45) is 5.92 Å². The summed E-state index contributed by atoms with van der Waals surface area (Å²) in [7, 11) is 0. The van der Waals surface area contributed by atoms with E-state index in [0.717, 1.165) is 55.0 Å². The third-order valence-corrected chi connectivity index (χ3v) is 5.87. The molecule has 6 heteroatoms. The zero-order valence-corrected chi connectivity index (χ0v) is 17.9. The zero-order valence-electron chi connectivity index (χ0n) is 17.1. The highest BCUT2D eigenvalue weighted by molar-refractivity contribution is 6.30. The predicted molar refractivity (Wildman–Crippen MR) is 124 cm³/mol. The predicted octanol–water partition coefficient (Wildman–Crippen LogP) is 5.59. The second-order valence-electron chi connectivity index (χ2n) is 7.75. The van der Waals surface area contributed by atoms with Gasteiger partial charge in [-0.15, -0.1) is 0 Å². The average Bonchev–Trinajstić information content (AvgIpc) is 3.06. The monoisotopic (exact) mass is 433 g/mol. The number of anilines is 2. The molecule has 1 aliphatic rings. The maximum Gasteiger partial charge on any atom is 0.209 e. The number of likely N-dealkylation sites (tertiary alicyclic amines) is 1. The Morgan fingerprint density at radius 2 is 1.77 bits per heavy atom. The van der Waals surface area contributed by atoms with Crippen molar-refractivity contribution in [1.82, 2.24) is 9.88 Å². The third kappa shape index (κ3) is 5.30. The summed E-state index contributed by atoms with van der Waals surface area (Å²) in [5.41, 5.74) is 3.42. The molecule has 31 heavy (non-hydrogen) atoms. The first kappa shape index (κ1) is 21.1. The molecule has 2 aromatic carbocycles. The van der Waals surface area contributed by atoms with E-state index in [4.69, 9.17) is 11.6 Å². The molecular weight excluding hydrogens is 410 g/mol. The van der Waals surface area contributed by atoms with Gasteiger partial charge in [0, 0.05) is 40.8 Å². The van der Waals surface area contributed by atoms with Crippen LogP contribution in [-0.4, -0.2) is 35.2 Å². The Labute approximate surface area is 187 Å². The summed E-state index contributed by atoms with van der Waals surface area (Å²) < 4.78 is 0. The van der Waals surface area contributed by atoms with Crippen LogP contribution in [-0.2, 0) is 4.79 Å². The Bertz CT molecular complexity index is 1050. The fraction of sp³-hybridized carbons (Fsp3) is 0.240. The van der Waals surface area contributed by atoms with Crippen molar-refractivity contribution in [3.05, 3.63) is 77.3 Å². The van der Waals surface area contributed by atoms with Crippen LogP contribution >= 0.6 is 11.6 Å². The molecule has 1 N–H and O–H groups in total. The van der Waals surface area contributed by atoms with Gasteiger partial charge in [-0.1, -0.05) is 29.8 Å². The fourth-order valence-electron chi connectivity index (χ4n) is 3.87. The molecule has 158 valence electrons. The van der Waals surface area contributed by atoms with Gasteiger partial charge in [-0.2, -0.15) is 0 Å². The summed E-state index contributed by atoms with van der Waals surface area (Å²) in [5, 5.41) is 3.99. The minimum atomic E-state index is -0.0264. The number of rotatable bonds is 6. The van der Waals surface area contributed by atoms with E-state index in [-0.39, 0.29) is 11.7 Å². The summed E-state index contributed by atoms with van der Waals surface area (Å²) >= 11 is 5.97. The van der Waals surface area contributed by atoms with Crippen molar-refractivity contribution in [1.29, 1.82) is 0 Å². The minimum absolute atomic E-state index is 0.0264. The number of nitrogens with zero attached hydrogens (tertiary/aromatic N) is 2. The third-order valence-electron chi connectivity index (χ3n) is 5.61. The second kappa shape index (κ2) is 9.75. The highest BCUT2D eigenvalue weighted by atomic mass is 35.5. The molecule has 0 saturated carbocycles. The van der Waals surface area contributed by atoms with Crippen LogP contribution in [0.25, 0.3) is 11.3 Å². The minimum Gasteiger partial charge on any atom is -0.345 e. The summed E-state index contributed by atoms with van der Waals surface area (Å²) in [6, 6.07) is 20.9. The summed E-state index contributed by atoms with van der Waals surface area (Å²) in [6.45, 7) is 1.38. The molecule has 1 amide bonds. The molecule has 1 saturated heterocycles. The number of Topliss-reactive ketones (excluding diaryl/α,β-unsaturated/α-hetero) is 1. The first-order valence-corrected chi connectivity index (χ1v) is 10.8. The van der Waals surface area contributed by atoms with Crippen LogP contribution in [0.4, 0.5) is 11.5 Å². The van der Waals surface area contributed by atoms with Gasteiger partial charge in [0.2, 0.25) is 6.41 Å². The zero-order chi connectivity index (χ0) is 21.6. The van der Waals surface area contributed by atoms with Crippen LogP contribution in [0.2, 0.25) is 5.02 Å². The van der Waals surface area contributed by atoms with Gasteiger partial charge in [0.15, 0.2) is 5.78 Å². The first-order chi connectivity index (χ1) is 15.1. The van der Waals surface area contributed by atoms with Gasteiger partial charge in [-0.3, -0.25) is 9.59 Å². The topological polar surface area (TPSA) is 62.3 Å². The van der Waals surface area contributed by atoms with E-state index >= 15 is 0 Å². The number of pyridine rings is 1. The van der Waals surface area contributed by atoms with Crippen LogP contribution < -0.4 is 5.32 Å². The SMILES string of the molecule is O=CN1CCCC(C(=O)c2ccc(Nc3cccc(-c4ccc(Cl)cc4)n3)cc2)CC1. The van der Waals surface area contributed by atoms with Crippen LogP contribution in [0.15, 0.2) is 66.7 Å². The summed E-state index contributed by atoms with van der Waals surface area (Å²) in [4.78, 5) is 30.3. The number of hydrogen-bond acceptors (Lipinski definition) is 4. The van der Waals surface area contributed by atoms with E-state index in [9.17, 15) is 9.59 Å². The van der Waals surface area contributed by atoms with Gasteiger partial charge in [-0.25, -0.2) is 4.98 Å². The average molecular weight is 434 g/mol. The highest BCUT2D eigenvalue weighted by Crippen LogP contribution is 2.25. The lowest BCUT2D eigenvalue weighted by Crippen LogP contribution is -2.23. The number of carbonyl (C=O) groups is 2. The Morgan fingerprint density at radius 3 is 2.52 bits per heavy atom. The maximum atomic E-state index is 12.9. The number of ketones is 1. The number of amides is 1. The number of aromatic nitrogens is 1. The van der Waals surface area contributed by atoms with Crippen molar-refractivity contribution in [2.75, 3.05) is 18.4 Å². The van der Waals surface area contributed by atoms with E-state index in [0.29, 0.717) is 17.1 Å². The molecule has 0 aliphatic carbocycles. The van der Waals surface area contributed by atoms with Crippen LogP contribution in [0.5, 0.6) is 0 Å². The molecule has 1 fully saturated rings. The number of nitrogens with one attached hydrogen (secondary N) is 1. The van der Waals surface area contributed by atoms with Crippen molar-refractivity contribution in [2.45, 2.75) is 19.3 Å². The number of benzene rings is 2. The van der Waals surface area contributed by atoms with Crippen molar-refractivity contribution >= 4 is 35.3 Å². The van der Waals surface area contributed by atoms with Gasteiger partial charge in [0.25, 0.3) is 0 Å². The Morgan fingerprint density at radius 1 is 1.00 bits per heavy atom. The second-order valence-corrected chi connectivity index (χ2v) is 8.19. The van der Waals surface area contributed by atoms with E-state index in [1.807, 2.05) is 66.7 Å². The molecule has 1 atom stereocenters. The summed E-state index contributed by atoms with van der Waals surface area (Å²) in [6.07, 6.45) is 3.29. The summed E-state index contributed by atoms with van der Waals surface area (Å²) in [5.74, 6) is 0.855. The molecule has 4 rings (SSSR count). The smallest absolute Gasteiger partial charge is 0.209 e.